The molecule has 150 valence electrons. The van der Waals surface area contributed by atoms with E-state index in [9.17, 15) is 9.90 Å². The first-order valence-electron chi connectivity index (χ1n) is 9.45. The van der Waals surface area contributed by atoms with Crippen LogP contribution in [0.3, 0.4) is 0 Å². The second-order valence-electron chi connectivity index (χ2n) is 6.67. The minimum Gasteiger partial charge on any atom is -0.489 e. The van der Waals surface area contributed by atoms with Crippen molar-refractivity contribution in [2.24, 2.45) is 0 Å². The van der Waals surface area contributed by atoms with Crippen molar-refractivity contribution in [3.05, 3.63) is 101 Å². The number of aliphatic carboxylic acids is 1. The van der Waals surface area contributed by atoms with E-state index in [1.165, 1.54) is 0 Å². The van der Waals surface area contributed by atoms with Gasteiger partial charge in [-0.15, -0.1) is 0 Å². The maximum atomic E-state index is 11.1. The summed E-state index contributed by atoms with van der Waals surface area (Å²) in [6, 6.07) is 24.6. The number of rotatable bonds is 10. The SMILES string of the molecule is O=C(O)[C@H](O)c1ccc(OCc2ccccc2)c(CCOCc2ccccc2)c1. The molecule has 0 saturated carbocycles. The zero-order valence-corrected chi connectivity index (χ0v) is 16.0. The average Bonchev–Trinajstić information content (AvgIpc) is 2.76. The van der Waals surface area contributed by atoms with Gasteiger partial charge in [0.05, 0.1) is 13.2 Å². The molecule has 0 saturated heterocycles. The van der Waals surface area contributed by atoms with Gasteiger partial charge in [0.2, 0.25) is 0 Å². The summed E-state index contributed by atoms with van der Waals surface area (Å²) in [7, 11) is 0. The summed E-state index contributed by atoms with van der Waals surface area (Å²) < 4.78 is 11.7. The highest BCUT2D eigenvalue weighted by Crippen LogP contribution is 2.25. The molecule has 5 heteroatoms. The summed E-state index contributed by atoms with van der Waals surface area (Å²) in [5, 5.41) is 19.0. The average molecular weight is 392 g/mol. The van der Waals surface area contributed by atoms with Gasteiger partial charge >= 0.3 is 5.97 Å². The number of carboxylic acid groups (broad SMARTS) is 1. The summed E-state index contributed by atoms with van der Waals surface area (Å²) >= 11 is 0. The van der Waals surface area contributed by atoms with E-state index in [4.69, 9.17) is 14.6 Å². The molecule has 29 heavy (non-hydrogen) atoms. The lowest BCUT2D eigenvalue weighted by Crippen LogP contribution is -2.11. The smallest absolute Gasteiger partial charge is 0.337 e. The third-order valence-electron chi connectivity index (χ3n) is 4.50. The molecule has 3 aromatic carbocycles. The van der Waals surface area contributed by atoms with E-state index in [1.54, 1.807) is 18.2 Å². The highest BCUT2D eigenvalue weighted by atomic mass is 16.5. The van der Waals surface area contributed by atoms with Crippen molar-refractivity contribution >= 4 is 5.97 Å². The van der Waals surface area contributed by atoms with Crippen LogP contribution in [0.1, 0.15) is 28.4 Å². The number of hydrogen-bond donors (Lipinski definition) is 2. The first-order chi connectivity index (χ1) is 14.1. The second-order valence-corrected chi connectivity index (χ2v) is 6.67. The highest BCUT2D eigenvalue weighted by Gasteiger charge is 2.18. The van der Waals surface area contributed by atoms with E-state index >= 15 is 0 Å². The predicted octanol–water partition coefficient (Wildman–Crippen LogP) is 4.14. The molecule has 1 atom stereocenters. The zero-order valence-electron chi connectivity index (χ0n) is 16.0. The number of hydrogen-bond acceptors (Lipinski definition) is 4. The van der Waals surface area contributed by atoms with Crippen LogP contribution < -0.4 is 4.74 Å². The standard InChI is InChI=1S/C24H24O5/c25-23(24(26)27)21-11-12-22(29-17-19-9-5-2-6-10-19)20(15-21)13-14-28-16-18-7-3-1-4-8-18/h1-12,15,23,25H,13-14,16-17H2,(H,26,27)/t23-/m1/s1. The largest absolute Gasteiger partial charge is 0.489 e. The molecule has 0 aliphatic heterocycles. The van der Waals surface area contributed by atoms with E-state index in [2.05, 4.69) is 0 Å². The Balaban J connectivity index is 1.67. The highest BCUT2D eigenvalue weighted by molar-refractivity contribution is 5.74. The van der Waals surface area contributed by atoms with E-state index in [1.807, 2.05) is 60.7 Å². The molecular formula is C24H24O5. The van der Waals surface area contributed by atoms with E-state index in [-0.39, 0.29) is 0 Å². The fourth-order valence-corrected chi connectivity index (χ4v) is 2.93. The van der Waals surface area contributed by atoms with Crippen LogP contribution in [-0.4, -0.2) is 22.8 Å². The van der Waals surface area contributed by atoms with Crippen LogP contribution in [0.2, 0.25) is 0 Å². The molecule has 0 heterocycles. The number of aliphatic hydroxyl groups is 1. The Morgan fingerprint density at radius 1 is 0.862 bits per heavy atom. The molecule has 0 bridgehead atoms. The van der Waals surface area contributed by atoms with Crippen molar-refractivity contribution in [3.63, 3.8) is 0 Å². The topological polar surface area (TPSA) is 76.0 Å². The summed E-state index contributed by atoms with van der Waals surface area (Å²) in [5.41, 5.74) is 3.24. The zero-order chi connectivity index (χ0) is 20.5. The predicted molar refractivity (Wildman–Crippen MR) is 110 cm³/mol. The molecule has 0 aromatic heterocycles. The van der Waals surface area contributed by atoms with Gasteiger partial charge in [0.15, 0.2) is 6.10 Å². The van der Waals surface area contributed by atoms with Gasteiger partial charge in [-0.1, -0.05) is 66.7 Å². The van der Waals surface area contributed by atoms with Gasteiger partial charge in [0.1, 0.15) is 12.4 Å². The van der Waals surface area contributed by atoms with Gasteiger partial charge in [-0.05, 0) is 40.8 Å². The maximum Gasteiger partial charge on any atom is 0.337 e. The van der Waals surface area contributed by atoms with Crippen molar-refractivity contribution in [2.45, 2.75) is 25.7 Å². The first-order valence-corrected chi connectivity index (χ1v) is 9.45. The molecule has 5 nitrogen and oxygen atoms in total. The molecule has 0 spiro atoms. The minimum atomic E-state index is -1.57. The van der Waals surface area contributed by atoms with Crippen LogP contribution in [0.15, 0.2) is 78.9 Å². The summed E-state index contributed by atoms with van der Waals surface area (Å²) in [5.74, 6) is -0.632. The third-order valence-corrected chi connectivity index (χ3v) is 4.50. The Labute approximate surface area is 170 Å². The molecule has 0 amide bonds. The van der Waals surface area contributed by atoms with Gasteiger partial charge in [-0.3, -0.25) is 0 Å². The molecule has 0 aliphatic rings. The van der Waals surface area contributed by atoms with Crippen LogP contribution in [-0.2, 0) is 29.2 Å². The molecule has 0 aliphatic carbocycles. The second kappa shape index (κ2) is 10.4. The van der Waals surface area contributed by atoms with Crippen LogP contribution in [0, 0.1) is 0 Å². The van der Waals surface area contributed by atoms with E-state index in [0.29, 0.717) is 37.6 Å². The first kappa shape index (κ1) is 20.6. The quantitative estimate of drug-likeness (QED) is 0.507. The van der Waals surface area contributed by atoms with Crippen molar-refractivity contribution in [1.82, 2.24) is 0 Å². The lowest BCUT2D eigenvalue weighted by molar-refractivity contribution is -0.146. The minimum absolute atomic E-state index is 0.322. The molecule has 0 unspecified atom stereocenters. The number of benzene rings is 3. The summed E-state index contributed by atoms with van der Waals surface area (Å²) in [6.07, 6.45) is -1.03. The monoisotopic (exact) mass is 392 g/mol. The van der Waals surface area contributed by atoms with Gasteiger partial charge in [-0.25, -0.2) is 4.79 Å². The van der Waals surface area contributed by atoms with Crippen LogP contribution in [0.5, 0.6) is 5.75 Å². The molecule has 2 N–H and O–H groups in total. The van der Waals surface area contributed by atoms with Crippen LogP contribution in [0.4, 0.5) is 0 Å². The Morgan fingerprint density at radius 2 is 1.48 bits per heavy atom. The maximum absolute atomic E-state index is 11.1. The lowest BCUT2D eigenvalue weighted by Gasteiger charge is -2.15. The Morgan fingerprint density at radius 3 is 2.10 bits per heavy atom. The van der Waals surface area contributed by atoms with Crippen molar-refractivity contribution in [3.8, 4) is 5.75 Å². The molecule has 0 radical (unpaired) electrons. The number of carbonyl (C=O) groups is 1. The number of ether oxygens (including phenoxy) is 2. The van der Waals surface area contributed by atoms with Crippen molar-refractivity contribution in [1.29, 1.82) is 0 Å². The molecule has 3 rings (SSSR count). The van der Waals surface area contributed by atoms with Gasteiger partial charge in [-0.2, -0.15) is 0 Å². The number of aliphatic hydroxyl groups excluding tert-OH is 1. The van der Waals surface area contributed by atoms with Crippen LogP contribution in [0.25, 0.3) is 0 Å². The Hall–Kier alpha value is -3.15. The van der Waals surface area contributed by atoms with Gasteiger partial charge in [0, 0.05) is 0 Å². The molecule has 0 fully saturated rings. The van der Waals surface area contributed by atoms with Gasteiger partial charge < -0.3 is 19.7 Å². The summed E-state index contributed by atoms with van der Waals surface area (Å²) in [6.45, 7) is 1.35. The third kappa shape index (κ3) is 6.17. The van der Waals surface area contributed by atoms with E-state index < -0.39 is 12.1 Å². The number of carboxylic acids is 1. The molecular weight excluding hydrogens is 368 g/mol. The lowest BCUT2D eigenvalue weighted by atomic mass is 10.0. The fraction of sp³-hybridized carbons (Fsp3) is 0.208. The van der Waals surface area contributed by atoms with Gasteiger partial charge in [0.25, 0.3) is 0 Å². The molecule has 3 aromatic rings. The van der Waals surface area contributed by atoms with Crippen LogP contribution >= 0.6 is 0 Å². The van der Waals surface area contributed by atoms with E-state index in [0.717, 1.165) is 16.7 Å². The van der Waals surface area contributed by atoms with Crippen molar-refractivity contribution in [2.75, 3.05) is 6.61 Å². The summed E-state index contributed by atoms with van der Waals surface area (Å²) in [4.78, 5) is 11.1. The normalized spacial score (nSPS) is 11.8. The Kier molecular flexibility index (Phi) is 7.39. The Bertz CT molecular complexity index is 909. The fourth-order valence-electron chi connectivity index (χ4n) is 2.93. The van der Waals surface area contributed by atoms with Crippen molar-refractivity contribution < 1.29 is 24.5 Å².